The van der Waals surface area contributed by atoms with Gasteiger partial charge in [0.05, 0.1) is 15.7 Å². The normalized spacial score (nSPS) is 13.0. The van der Waals surface area contributed by atoms with E-state index in [4.69, 9.17) is 0 Å². The SMILES string of the molecule is O=S(c1cc(F)c(F)cc1[S+](c1ccc(F)c(F)c1)c1cccc2ccccc12)c1cccc2ccccc12. The molecule has 0 aliphatic carbocycles. The van der Waals surface area contributed by atoms with Gasteiger partial charge in [0, 0.05) is 17.5 Å². The van der Waals surface area contributed by atoms with Crippen LogP contribution in [-0.4, -0.2) is 4.21 Å². The maximum atomic E-state index is 14.9. The van der Waals surface area contributed by atoms with Gasteiger partial charge in [-0.15, -0.1) is 0 Å². The molecule has 7 heteroatoms. The zero-order valence-electron chi connectivity index (χ0n) is 20.2. The summed E-state index contributed by atoms with van der Waals surface area (Å²) >= 11 is 0. The molecule has 0 aromatic heterocycles. The van der Waals surface area contributed by atoms with Gasteiger partial charge >= 0.3 is 0 Å². The molecular formula is C32H19F4OS2+. The molecule has 6 aromatic carbocycles. The Hall–Kier alpha value is -3.94. The van der Waals surface area contributed by atoms with Gasteiger partial charge < -0.3 is 0 Å². The summed E-state index contributed by atoms with van der Waals surface area (Å²) in [6.07, 6.45) is 0. The van der Waals surface area contributed by atoms with Crippen molar-refractivity contribution >= 4 is 43.2 Å². The minimum Gasteiger partial charge on any atom is -0.249 e. The fourth-order valence-electron chi connectivity index (χ4n) is 4.64. The van der Waals surface area contributed by atoms with Gasteiger partial charge in [-0.05, 0) is 52.6 Å². The van der Waals surface area contributed by atoms with Crippen molar-refractivity contribution in [3.05, 3.63) is 139 Å². The standard InChI is InChI=1S/C32H19F4OS2/c33-25-16-15-22(17-26(25)34)38(29-13-5-9-20-7-1-3-11-23(20)29)31-18-27(35)28(36)19-32(31)39(37)30-14-6-10-21-8-2-4-12-24(21)30/h1-19H/q+1. The van der Waals surface area contributed by atoms with Crippen LogP contribution < -0.4 is 0 Å². The van der Waals surface area contributed by atoms with Crippen LogP contribution in [0.5, 0.6) is 0 Å². The smallest absolute Gasteiger partial charge is 0.186 e. The molecule has 6 rings (SSSR count). The van der Waals surface area contributed by atoms with Gasteiger partial charge in [-0.3, -0.25) is 0 Å². The second-order valence-electron chi connectivity index (χ2n) is 8.82. The van der Waals surface area contributed by atoms with Crippen molar-refractivity contribution in [2.75, 3.05) is 0 Å². The predicted molar refractivity (Wildman–Crippen MR) is 147 cm³/mol. The molecule has 0 N–H and O–H groups in total. The molecule has 2 unspecified atom stereocenters. The number of rotatable bonds is 5. The third-order valence-electron chi connectivity index (χ3n) is 6.45. The van der Waals surface area contributed by atoms with Crippen molar-refractivity contribution in [1.29, 1.82) is 0 Å². The fraction of sp³-hybridized carbons (Fsp3) is 0. The first-order valence-corrected chi connectivity index (χ1v) is 14.4. The van der Waals surface area contributed by atoms with Gasteiger partial charge in [-0.25, -0.2) is 21.8 Å². The molecule has 1 nitrogen and oxygen atoms in total. The average molecular weight is 560 g/mol. The molecule has 0 aliphatic heterocycles. The van der Waals surface area contributed by atoms with Crippen molar-refractivity contribution < 1.29 is 21.8 Å². The second kappa shape index (κ2) is 10.3. The van der Waals surface area contributed by atoms with Gasteiger partial charge in [-0.2, -0.15) is 0 Å². The summed E-state index contributed by atoms with van der Waals surface area (Å²) in [6.45, 7) is 0. The lowest BCUT2D eigenvalue weighted by Crippen LogP contribution is -2.12. The number of halogens is 4. The van der Waals surface area contributed by atoms with Crippen molar-refractivity contribution in [1.82, 2.24) is 0 Å². The lowest BCUT2D eigenvalue weighted by atomic mass is 10.1. The zero-order chi connectivity index (χ0) is 27.1. The molecule has 192 valence electrons. The molecule has 0 saturated heterocycles. The Balaban J connectivity index is 1.66. The lowest BCUT2D eigenvalue weighted by Gasteiger charge is -2.15. The van der Waals surface area contributed by atoms with E-state index in [1.165, 1.54) is 6.07 Å². The van der Waals surface area contributed by atoms with E-state index in [2.05, 4.69) is 0 Å². The highest BCUT2D eigenvalue weighted by Gasteiger charge is 2.37. The van der Waals surface area contributed by atoms with Gasteiger partial charge in [0.25, 0.3) is 0 Å². The highest BCUT2D eigenvalue weighted by Crippen LogP contribution is 2.40. The van der Waals surface area contributed by atoms with E-state index in [0.29, 0.717) is 20.1 Å². The quantitative estimate of drug-likeness (QED) is 0.152. The fourth-order valence-corrected chi connectivity index (χ4v) is 8.67. The molecule has 0 fully saturated rings. The van der Waals surface area contributed by atoms with Crippen LogP contribution >= 0.6 is 0 Å². The molecule has 0 spiro atoms. The van der Waals surface area contributed by atoms with Gasteiger partial charge in [-0.1, -0.05) is 66.7 Å². The van der Waals surface area contributed by atoms with E-state index in [1.807, 2.05) is 72.8 Å². The first-order valence-electron chi connectivity index (χ1n) is 12.0. The van der Waals surface area contributed by atoms with Crippen LogP contribution in [0.15, 0.2) is 140 Å². The summed E-state index contributed by atoms with van der Waals surface area (Å²) in [7, 11) is -3.20. The van der Waals surface area contributed by atoms with Gasteiger partial charge in [0.2, 0.25) is 0 Å². The highest BCUT2D eigenvalue weighted by atomic mass is 32.2. The highest BCUT2D eigenvalue weighted by molar-refractivity contribution is 7.98. The minimum atomic E-state index is -1.93. The van der Waals surface area contributed by atoms with Crippen molar-refractivity contribution in [2.24, 2.45) is 0 Å². The van der Waals surface area contributed by atoms with Crippen LogP contribution in [0.3, 0.4) is 0 Å². The molecule has 0 saturated carbocycles. The topological polar surface area (TPSA) is 17.1 Å². The van der Waals surface area contributed by atoms with Crippen LogP contribution in [-0.2, 0) is 21.7 Å². The van der Waals surface area contributed by atoms with E-state index in [9.17, 15) is 21.8 Å². The number of benzene rings is 6. The summed E-state index contributed by atoms with van der Waals surface area (Å²) in [5.74, 6) is -4.35. The monoisotopic (exact) mass is 559 g/mol. The molecular weight excluding hydrogens is 540 g/mol. The summed E-state index contributed by atoms with van der Waals surface area (Å²) < 4.78 is 72.4. The molecule has 0 aliphatic rings. The number of hydrogen-bond donors (Lipinski definition) is 0. The lowest BCUT2D eigenvalue weighted by molar-refractivity contribution is 0.501. The zero-order valence-corrected chi connectivity index (χ0v) is 21.8. The van der Waals surface area contributed by atoms with Crippen LogP contribution in [0.25, 0.3) is 21.5 Å². The molecule has 0 bridgehead atoms. The number of hydrogen-bond acceptors (Lipinski definition) is 1. The predicted octanol–water partition coefficient (Wildman–Crippen LogP) is 8.81. The largest absolute Gasteiger partial charge is 0.249 e. The van der Waals surface area contributed by atoms with E-state index in [-0.39, 0.29) is 9.79 Å². The van der Waals surface area contributed by atoms with Crippen molar-refractivity contribution in [2.45, 2.75) is 24.5 Å². The van der Waals surface area contributed by atoms with Gasteiger partial charge in [0.15, 0.2) is 38.0 Å². The first kappa shape index (κ1) is 25.3. The molecule has 2 atom stereocenters. The maximum Gasteiger partial charge on any atom is 0.186 e. The Bertz CT molecular complexity index is 1890. The van der Waals surface area contributed by atoms with E-state index in [0.717, 1.165) is 40.4 Å². The maximum absolute atomic E-state index is 14.9. The van der Waals surface area contributed by atoms with E-state index in [1.54, 1.807) is 12.1 Å². The van der Waals surface area contributed by atoms with Crippen LogP contribution in [0.1, 0.15) is 0 Å². The number of fused-ring (bicyclic) bond motifs is 2. The summed E-state index contributed by atoms with van der Waals surface area (Å²) in [4.78, 5) is 1.75. The van der Waals surface area contributed by atoms with Crippen molar-refractivity contribution in [3.8, 4) is 0 Å². The Labute approximate surface area is 227 Å². The Kier molecular flexibility index (Phi) is 6.71. The van der Waals surface area contributed by atoms with Crippen molar-refractivity contribution in [3.63, 3.8) is 0 Å². The molecule has 0 heterocycles. The first-order chi connectivity index (χ1) is 18.9. The van der Waals surface area contributed by atoms with Crippen LogP contribution in [0, 0.1) is 23.3 Å². The van der Waals surface area contributed by atoms with Gasteiger partial charge in [0.1, 0.15) is 15.8 Å². The minimum absolute atomic E-state index is 0.0613. The third-order valence-corrected chi connectivity index (χ3v) is 10.4. The van der Waals surface area contributed by atoms with Crippen LogP contribution in [0.2, 0.25) is 0 Å². The average Bonchev–Trinajstić information content (AvgIpc) is 2.96. The van der Waals surface area contributed by atoms with Crippen LogP contribution in [0.4, 0.5) is 17.6 Å². The second-order valence-corrected chi connectivity index (χ2v) is 12.2. The molecule has 39 heavy (non-hydrogen) atoms. The molecule has 6 aromatic rings. The Morgan fingerprint density at radius 2 is 1.08 bits per heavy atom. The third kappa shape index (κ3) is 4.62. The summed E-state index contributed by atoms with van der Waals surface area (Å²) in [5.41, 5.74) is 0. The Morgan fingerprint density at radius 1 is 0.487 bits per heavy atom. The molecule has 0 amide bonds. The van der Waals surface area contributed by atoms with E-state index < -0.39 is 45.0 Å². The molecule has 0 radical (unpaired) electrons. The Morgan fingerprint density at radius 3 is 1.82 bits per heavy atom. The summed E-state index contributed by atoms with van der Waals surface area (Å²) in [5, 5.41) is 3.25. The van der Waals surface area contributed by atoms with E-state index >= 15 is 0 Å². The summed E-state index contributed by atoms with van der Waals surface area (Å²) in [6, 6.07) is 31.2.